The van der Waals surface area contributed by atoms with E-state index in [0.29, 0.717) is 20.7 Å². The predicted octanol–water partition coefficient (Wildman–Crippen LogP) is 5.22. The first-order chi connectivity index (χ1) is 12.1. The molecule has 3 aromatic rings. The molecule has 0 spiro atoms. The normalized spacial score (nSPS) is 10.8. The van der Waals surface area contributed by atoms with E-state index in [-0.39, 0.29) is 5.91 Å². The Morgan fingerprint density at radius 1 is 1.28 bits per heavy atom. The van der Waals surface area contributed by atoms with Crippen molar-refractivity contribution >= 4 is 45.3 Å². The predicted molar refractivity (Wildman–Crippen MR) is 104 cm³/mol. The second kappa shape index (κ2) is 8.03. The average Bonchev–Trinajstić information content (AvgIpc) is 3.19. The van der Waals surface area contributed by atoms with E-state index in [4.69, 9.17) is 11.6 Å². The molecule has 2 aromatic heterocycles. The summed E-state index contributed by atoms with van der Waals surface area (Å²) >= 11 is 8.80. The molecule has 1 aromatic carbocycles. The third-order valence-corrected chi connectivity index (χ3v) is 5.84. The van der Waals surface area contributed by atoms with Crippen LogP contribution < -0.4 is 5.32 Å². The number of aromatic nitrogens is 3. The van der Waals surface area contributed by atoms with E-state index < -0.39 is 0 Å². The van der Waals surface area contributed by atoms with E-state index in [1.165, 1.54) is 22.7 Å². The monoisotopic (exact) mass is 392 g/mol. The van der Waals surface area contributed by atoms with Crippen molar-refractivity contribution in [3.8, 4) is 10.6 Å². The van der Waals surface area contributed by atoms with Crippen LogP contribution >= 0.6 is 34.3 Å². The van der Waals surface area contributed by atoms with Crippen LogP contribution in [0.25, 0.3) is 10.6 Å². The van der Waals surface area contributed by atoms with E-state index in [2.05, 4.69) is 27.4 Å². The van der Waals surface area contributed by atoms with E-state index in [1.807, 2.05) is 31.2 Å². The van der Waals surface area contributed by atoms with Gasteiger partial charge in [0.2, 0.25) is 5.13 Å². The minimum atomic E-state index is -0.207. The number of thiazole rings is 1. The van der Waals surface area contributed by atoms with Crippen LogP contribution in [-0.4, -0.2) is 21.1 Å². The number of halogens is 1. The van der Waals surface area contributed by atoms with Crippen LogP contribution in [0.5, 0.6) is 0 Å². The number of anilines is 1. The Morgan fingerprint density at radius 3 is 2.88 bits per heavy atom. The van der Waals surface area contributed by atoms with Crippen LogP contribution in [0.3, 0.4) is 0 Å². The van der Waals surface area contributed by atoms with Gasteiger partial charge in [0.15, 0.2) is 0 Å². The second-order valence-electron chi connectivity index (χ2n) is 5.50. The minimum Gasteiger partial charge on any atom is -0.296 e. The van der Waals surface area contributed by atoms with E-state index in [1.54, 1.807) is 0 Å². The maximum Gasteiger partial charge on any atom is 0.269 e. The fourth-order valence-corrected chi connectivity index (χ4v) is 4.16. The van der Waals surface area contributed by atoms with Crippen molar-refractivity contribution in [3.63, 3.8) is 0 Å². The number of rotatable bonds is 6. The summed E-state index contributed by atoms with van der Waals surface area (Å²) < 4.78 is 0. The van der Waals surface area contributed by atoms with Gasteiger partial charge in [-0.2, -0.15) is 0 Å². The maximum atomic E-state index is 12.5. The van der Waals surface area contributed by atoms with E-state index in [9.17, 15) is 4.79 Å². The van der Waals surface area contributed by atoms with Gasteiger partial charge in [0.05, 0.1) is 5.69 Å². The molecule has 130 valence electrons. The van der Waals surface area contributed by atoms with E-state index >= 15 is 0 Å². The van der Waals surface area contributed by atoms with Gasteiger partial charge in [-0.25, -0.2) is 4.98 Å². The first-order valence-electron chi connectivity index (χ1n) is 7.94. The summed E-state index contributed by atoms with van der Waals surface area (Å²) in [6, 6.07) is 7.45. The van der Waals surface area contributed by atoms with Crippen molar-refractivity contribution in [2.75, 3.05) is 5.32 Å². The Morgan fingerprint density at radius 2 is 2.12 bits per heavy atom. The fourth-order valence-electron chi connectivity index (χ4n) is 2.24. The van der Waals surface area contributed by atoms with Crippen LogP contribution in [-0.2, 0) is 6.42 Å². The van der Waals surface area contributed by atoms with Gasteiger partial charge in [0, 0.05) is 17.0 Å². The number of hydrogen-bond donors (Lipinski definition) is 1. The Bertz CT molecular complexity index is 890. The van der Waals surface area contributed by atoms with Crippen LogP contribution in [0.15, 0.2) is 24.3 Å². The van der Waals surface area contributed by atoms with Crippen molar-refractivity contribution in [3.05, 3.63) is 44.9 Å². The molecule has 0 unspecified atom stereocenters. The SMILES string of the molecule is CCCCc1nnc(NC(=O)c2sc(-c3cccc(Cl)c3)nc2C)s1. The lowest BCUT2D eigenvalue weighted by Gasteiger charge is -1.98. The highest BCUT2D eigenvalue weighted by atomic mass is 35.5. The molecule has 0 bridgehead atoms. The van der Waals surface area contributed by atoms with Crippen molar-refractivity contribution < 1.29 is 4.79 Å². The lowest BCUT2D eigenvalue weighted by molar-refractivity contribution is 0.102. The molecule has 5 nitrogen and oxygen atoms in total. The average molecular weight is 393 g/mol. The summed E-state index contributed by atoms with van der Waals surface area (Å²) in [7, 11) is 0. The number of aryl methyl sites for hydroxylation is 2. The van der Waals surface area contributed by atoms with Gasteiger partial charge >= 0.3 is 0 Å². The second-order valence-corrected chi connectivity index (χ2v) is 8.00. The maximum absolute atomic E-state index is 12.5. The highest BCUT2D eigenvalue weighted by Crippen LogP contribution is 2.30. The molecule has 0 atom stereocenters. The van der Waals surface area contributed by atoms with Crippen LogP contribution in [0, 0.1) is 6.92 Å². The van der Waals surface area contributed by atoms with Gasteiger partial charge in [0.25, 0.3) is 5.91 Å². The Balaban J connectivity index is 1.75. The minimum absolute atomic E-state index is 0.207. The summed E-state index contributed by atoms with van der Waals surface area (Å²) in [4.78, 5) is 17.6. The molecular weight excluding hydrogens is 376 g/mol. The number of benzene rings is 1. The molecule has 0 saturated heterocycles. The Labute approximate surface area is 159 Å². The topological polar surface area (TPSA) is 67.8 Å². The largest absolute Gasteiger partial charge is 0.296 e. The van der Waals surface area contributed by atoms with Gasteiger partial charge < -0.3 is 0 Å². The van der Waals surface area contributed by atoms with Gasteiger partial charge in [0.1, 0.15) is 14.9 Å². The number of amides is 1. The summed E-state index contributed by atoms with van der Waals surface area (Å²) in [5.74, 6) is -0.207. The lowest BCUT2D eigenvalue weighted by atomic mass is 10.2. The molecule has 0 aliphatic carbocycles. The van der Waals surface area contributed by atoms with Gasteiger partial charge in [-0.3, -0.25) is 10.1 Å². The van der Waals surface area contributed by atoms with Crippen LogP contribution in [0.2, 0.25) is 5.02 Å². The molecule has 0 aliphatic heterocycles. The number of unbranched alkanes of at least 4 members (excludes halogenated alkanes) is 1. The molecular formula is C17H17ClN4OS2. The highest BCUT2D eigenvalue weighted by Gasteiger charge is 2.18. The fraction of sp³-hybridized carbons (Fsp3) is 0.294. The molecule has 0 saturated carbocycles. The standard InChI is InChI=1S/C17H17ClN4OS2/c1-3-4-8-13-21-22-17(24-13)20-15(23)14-10(2)19-16(25-14)11-6-5-7-12(18)9-11/h5-7,9H,3-4,8H2,1-2H3,(H,20,22,23). The van der Waals surface area contributed by atoms with Crippen molar-refractivity contribution in [1.82, 2.24) is 15.2 Å². The lowest BCUT2D eigenvalue weighted by Crippen LogP contribution is -2.11. The molecule has 2 heterocycles. The number of carbonyl (C=O) groups is 1. The molecule has 25 heavy (non-hydrogen) atoms. The zero-order chi connectivity index (χ0) is 17.8. The highest BCUT2D eigenvalue weighted by molar-refractivity contribution is 7.17. The molecule has 8 heteroatoms. The molecule has 1 amide bonds. The number of nitrogens with one attached hydrogen (secondary N) is 1. The third kappa shape index (κ3) is 4.42. The van der Waals surface area contributed by atoms with E-state index in [0.717, 1.165) is 34.8 Å². The van der Waals surface area contributed by atoms with Crippen molar-refractivity contribution in [1.29, 1.82) is 0 Å². The molecule has 3 rings (SSSR count). The van der Waals surface area contributed by atoms with Gasteiger partial charge in [-0.05, 0) is 25.5 Å². The smallest absolute Gasteiger partial charge is 0.269 e. The first-order valence-corrected chi connectivity index (χ1v) is 9.95. The summed E-state index contributed by atoms with van der Waals surface area (Å²) in [5, 5.41) is 13.9. The molecule has 1 N–H and O–H groups in total. The molecule has 0 fully saturated rings. The van der Waals surface area contributed by atoms with Crippen LogP contribution in [0.1, 0.15) is 40.1 Å². The number of hydrogen-bond acceptors (Lipinski definition) is 6. The van der Waals surface area contributed by atoms with Crippen molar-refractivity contribution in [2.45, 2.75) is 33.1 Å². The zero-order valence-corrected chi connectivity index (χ0v) is 16.3. The number of carbonyl (C=O) groups excluding carboxylic acids is 1. The van der Waals surface area contributed by atoms with Crippen molar-refractivity contribution in [2.24, 2.45) is 0 Å². The van der Waals surface area contributed by atoms with Crippen LogP contribution in [0.4, 0.5) is 5.13 Å². The summed E-state index contributed by atoms with van der Waals surface area (Å²) in [5.41, 5.74) is 1.59. The summed E-state index contributed by atoms with van der Waals surface area (Å²) in [6.45, 7) is 3.96. The molecule has 0 aliphatic rings. The Hall–Kier alpha value is -1.83. The third-order valence-electron chi connectivity index (χ3n) is 3.51. The van der Waals surface area contributed by atoms with Gasteiger partial charge in [-0.1, -0.05) is 48.4 Å². The Kier molecular flexibility index (Phi) is 5.78. The van der Waals surface area contributed by atoms with Gasteiger partial charge in [-0.15, -0.1) is 21.5 Å². The summed E-state index contributed by atoms with van der Waals surface area (Å²) in [6.07, 6.45) is 3.07. The first kappa shape index (κ1) is 18.0. The quantitative estimate of drug-likeness (QED) is 0.624. The number of nitrogens with zero attached hydrogens (tertiary/aromatic N) is 3. The molecule has 0 radical (unpaired) electrons. The zero-order valence-electron chi connectivity index (χ0n) is 13.9.